The molecule has 0 aliphatic carbocycles. The van der Waals surface area contributed by atoms with Gasteiger partial charge in [0.2, 0.25) is 5.91 Å². The van der Waals surface area contributed by atoms with Crippen LogP contribution in [-0.2, 0) is 24.3 Å². The number of carbonyl (C=O) groups is 1. The summed E-state index contributed by atoms with van der Waals surface area (Å²) < 4.78 is 3.09. The van der Waals surface area contributed by atoms with Crippen molar-refractivity contribution in [1.29, 1.82) is 0 Å². The van der Waals surface area contributed by atoms with E-state index in [-0.39, 0.29) is 5.91 Å². The number of rotatable bonds is 4. The number of hydrogen-bond donors (Lipinski definition) is 0. The molecule has 1 aromatic rings. The maximum atomic E-state index is 12.2. The summed E-state index contributed by atoms with van der Waals surface area (Å²) in [6.07, 6.45) is 3.71. The van der Waals surface area contributed by atoms with Crippen molar-refractivity contribution in [3.05, 3.63) is 15.9 Å². The van der Waals surface area contributed by atoms with Crippen LogP contribution in [0.2, 0.25) is 0 Å². The van der Waals surface area contributed by atoms with Gasteiger partial charge >= 0.3 is 0 Å². The van der Waals surface area contributed by atoms with E-state index in [2.05, 4.69) is 41.8 Å². The van der Waals surface area contributed by atoms with E-state index in [9.17, 15) is 4.79 Å². The molecule has 2 heterocycles. The number of nitrogens with zero attached hydrogens (tertiary/aromatic N) is 3. The summed E-state index contributed by atoms with van der Waals surface area (Å²) >= 11 is 3.66. The molecule has 0 spiro atoms. The first-order chi connectivity index (χ1) is 9.56. The zero-order valence-corrected chi connectivity index (χ0v) is 14.2. The van der Waals surface area contributed by atoms with E-state index in [0.717, 1.165) is 48.2 Å². The lowest BCUT2D eigenvalue weighted by molar-refractivity contribution is -0.131. The van der Waals surface area contributed by atoms with Gasteiger partial charge in [0.1, 0.15) is 0 Å². The van der Waals surface area contributed by atoms with Crippen molar-refractivity contribution in [3.8, 4) is 0 Å². The molecule has 0 N–H and O–H groups in total. The zero-order valence-electron chi connectivity index (χ0n) is 12.7. The first-order valence-corrected chi connectivity index (χ1v) is 8.37. The van der Waals surface area contributed by atoms with Crippen molar-refractivity contribution in [1.82, 2.24) is 14.7 Å². The molecule has 1 unspecified atom stereocenters. The lowest BCUT2D eigenvalue weighted by atomic mass is 10.0. The molecule has 1 amide bonds. The Labute approximate surface area is 129 Å². The zero-order chi connectivity index (χ0) is 14.7. The number of hydrogen-bond acceptors (Lipinski definition) is 2. The van der Waals surface area contributed by atoms with E-state index < -0.39 is 0 Å². The molecular formula is C15H24BrN3O. The standard InChI is InChI=1S/C15H24BrN3O/c1-4-12-15(16)13(19(5-2)17-12)10-18-9-8-11(3)6-7-14(18)20/h11H,4-10H2,1-3H3. The molecule has 0 radical (unpaired) electrons. The summed E-state index contributed by atoms with van der Waals surface area (Å²) in [7, 11) is 0. The van der Waals surface area contributed by atoms with Crippen LogP contribution >= 0.6 is 15.9 Å². The topological polar surface area (TPSA) is 38.1 Å². The highest BCUT2D eigenvalue weighted by Crippen LogP contribution is 2.26. The molecule has 20 heavy (non-hydrogen) atoms. The summed E-state index contributed by atoms with van der Waals surface area (Å²) in [5, 5.41) is 4.61. The highest BCUT2D eigenvalue weighted by atomic mass is 79.9. The number of likely N-dealkylation sites (tertiary alicyclic amines) is 1. The predicted molar refractivity (Wildman–Crippen MR) is 83.4 cm³/mol. The Morgan fingerprint density at radius 2 is 2.10 bits per heavy atom. The average Bonchev–Trinajstić information content (AvgIpc) is 2.66. The Hall–Kier alpha value is -0.840. The van der Waals surface area contributed by atoms with Crippen LogP contribution in [0.4, 0.5) is 0 Å². The average molecular weight is 342 g/mol. The van der Waals surface area contributed by atoms with Crippen LogP contribution in [-0.4, -0.2) is 27.1 Å². The fraction of sp³-hybridized carbons (Fsp3) is 0.733. The van der Waals surface area contributed by atoms with E-state index in [1.165, 1.54) is 0 Å². The fourth-order valence-corrected chi connectivity index (χ4v) is 3.38. The minimum atomic E-state index is 0.281. The molecule has 1 aromatic heterocycles. The van der Waals surface area contributed by atoms with E-state index in [0.29, 0.717) is 18.9 Å². The van der Waals surface area contributed by atoms with Gasteiger partial charge in [-0.3, -0.25) is 9.48 Å². The summed E-state index contributed by atoms with van der Waals surface area (Å²) in [5.74, 6) is 0.929. The maximum absolute atomic E-state index is 12.2. The van der Waals surface area contributed by atoms with Gasteiger partial charge in [0.05, 0.1) is 22.4 Å². The van der Waals surface area contributed by atoms with Crippen molar-refractivity contribution >= 4 is 21.8 Å². The third kappa shape index (κ3) is 3.25. The maximum Gasteiger partial charge on any atom is 0.222 e. The van der Waals surface area contributed by atoms with Crippen LogP contribution in [0.25, 0.3) is 0 Å². The molecule has 0 aromatic carbocycles. The molecule has 1 aliphatic heterocycles. The van der Waals surface area contributed by atoms with E-state index in [1.807, 2.05) is 9.58 Å². The second-order valence-corrected chi connectivity index (χ2v) is 6.42. The molecule has 1 atom stereocenters. The first-order valence-electron chi connectivity index (χ1n) is 7.58. The molecule has 1 saturated heterocycles. The fourth-order valence-electron chi connectivity index (χ4n) is 2.69. The second-order valence-electron chi connectivity index (χ2n) is 5.62. The van der Waals surface area contributed by atoms with E-state index in [1.54, 1.807) is 0 Å². The van der Waals surface area contributed by atoms with Crippen LogP contribution in [0.3, 0.4) is 0 Å². The normalized spacial score (nSPS) is 20.3. The van der Waals surface area contributed by atoms with Crippen molar-refractivity contribution in [2.24, 2.45) is 5.92 Å². The molecule has 0 saturated carbocycles. The van der Waals surface area contributed by atoms with Crippen LogP contribution in [0.15, 0.2) is 4.47 Å². The lowest BCUT2D eigenvalue weighted by Gasteiger charge is -2.21. The van der Waals surface area contributed by atoms with Crippen LogP contribution < -0.4 is 0 Å². The van der Waals surface area contributed by atoms with Crippen molar-refractivity contribution in [2.75, 3.05) is 6.54 Å². The van der Waals surface area contributed by atoms with Gasteiger partial charge in [0, 0.05) is 19.5 Å². The van der Waals surface area contributed by atoms with Gasteiger partial charge in [0.15, 0.2) is 0 Å². The Morgan fingerprint density at radius 3 is 2.75 bits per heavy atom. The molecule has 2 rings (SSSR count). The Balaban J connectivity index is 2.20. The number of aromatic nitrogens is 2. The predicted octanol–water partition coefficient (Wildman–Crippen LogP) is 3.38. The lowest BCUT2D eigenvalue weighted by Crippen LogP contribution is -2.31. The van der Waals surface area contributed by atoms with Gasteiger partial charge < -0.3 is 4.90 Å². The number of carbonyl (C=O) groups excluding carboxylic acids is 1. The van der Waals surface area contributed by atoms with Gasteiger partial charge in [-0.1, -0.05) is 13.8 Å². The second kappa shape index (κ2) is 6.74. The van der Waals surface area contributed by atoms with Gasteiger partial charge in [-0.25, -0.2) is 0 Å². The summed E-state index contributed by atoms with van der Waals surface area (Å²) in [5.41, 5.74) is 2.21. The minimum Gasteiger partial charge on any atom is -0.337 e. The number of halogens is 1. The summed E-state index contributed by atoms with van der Waals surface area (Å²) in [6, 6.07) is 0. The Kier molecular flexibility index (Phi) is 5.24. The van der Waals surface area contributed by atoms with Crippen LogP contribution in [0, 0.1) is 5.92 Å². The Bertz CT molecular complexity index is 484. The molecule has 4 nitrogen and oxygen atoms in total. The highest BCUT2D eigenvalue weighted by Gasteiger charge is 2.23. The van der Waals surface area contributed by atoms with Crippen molar-refractivity contribution < 1.29 is 4.79 Å². The van der Waals surface area contributed by atoms with Crippen molar-refractivity contribution in [3.63, 3.8) is 0 Å². The SMILES string of the molecule is CCc1nn(CC)c(CN2CCC(C)CCC2=O)c1Br. The molecule has 0 bridgehead atoms. The molecule has 5 heteroatoms. The third-order valence-electron chi connectivity index (χ3n) is 4.13. The largest absolute Gasteiger partial charge is 0.337 e. The van der Waals surface area contributed by atoms with Gasteiger partial charge in [-0.05, 0) is 48.0 Å². The highest BCUT2D eigenvalue weighted by molar-refractivity contribution is 9.10. The molecule has 112 valence electrons. The minimum absolute atomic E-state index is 0.281. The van der Waals surface area contributed by atoms with Gasteiger partial charge in [-0.15, -0.1) is 0 Å². The van der Waals surface area contributed by atoms with Crippen molar-refractivity contribution in [2.45, 2.75) is 59.5 Å². The Morgan fingerprint density at radius 1 is 1.35 bits per heavy atom. The summed E-state index contributed by atoms with van der Waals surface area (Å²) in [6.45, 7) is 8.81. The number of amides is 1. The molecule has 1 fully saturated rings. The molecule has 1 aliphatic rings. The summed E-state index contributed by atoms with van der Waals surface area (Å²) in [4.78, 5) is 14.2. The monoisotopic (exact) mass is 341 g/mol. The van der Waals surface area contributed by atoms with E-state index in [4.69, 9.17) is 0 Å². The molecular weight excluding hydrogens is 318 g/mol. The van der Waals surface area contributed by atoms with Crippen LogP contribution in [0.1, 0.15) is 51.4 Å². The smallest absolute Gasteiger partial charge is 0.222 e. The van der Waals surface area contributed by atoms with E-state index >= 15 is 0 Å². The van der Waals surface area contributed by atoms with Crippen LogP contribution in [0.5, 0.6) is 0 Å². The quantitative estimate of drug-likeness (QED) is 0.841. The van der Waals surface area contributed by atoms with Gasteiger partial charge in [0.25, 0.3) is 0 Å². The first kappa shape index (κ1) is 15.5. The third-order valence-corrected chi connectivity index (χ3v) is 5.05. The van der Waals surface area contributed by atoms with Gasteiger partial charge in [-0.2, -0.15) is 5.10 Å². The number of aryl methyl sites for hydroxylation is 2.